The van der Waals surface area contributed by atoms with Crippen LogP contribution in [-0.2, 0) is 0 Å². The van der Waals surface area contributed by atoms with Gasteiger partial charge in [0.05, 0.1) is 5.56 Å². The number of alkyl halides is 1. The smallest absolute Gasteiger partial charge is 0.217 e. The average molecular weight is 351 g/mol. The molecule has 0 amide bonds. The summed E-state index contributed by atoms with van der Waals surface area (Å²) in [6.45, 7) is 4.08. The lowest BCUT2D eigenvalue weighted by molar-refractivity contribution is 0.0239. The Balaban J connectivity index is 2.14. The summed E-state index contributed by atoms with van der Waals surface area (Å²) in [7, 11) is 0. The van der Waals surface area contributed by atoms with Crippen LogP contribution >= 0.6 is 0 Å². The first kappa shape index (κ1) is 19.0. The van der Waals surface area contributed by atoms with E-state index in [1.165, 1.54) is 18.3 Å². The normalized spacial score (nSPS) is 23.0. The van der Waals surface area contributed by atoms with E-state index in [2.05, 4.69) is 10.3 Å². The number of ether oxygens (including phenoxy) is 1. The van der Waals surface area contributed by atoms with E-state index in [9.17, 15) is 8.78 Å². The van der Waals surface area contributed by atoms with Gasteiger partial charge in [-0.2, -0.15) is 5.26 Å². The second-order valence-electron chi connectivity index (χ2n) is 6.28. The van der Waals surface area contributed by atoms with Crippen molar-refractivity contribution in [2.24, 2.45) is 5.92 Å². The van der Waals surface area contributed by atoms with E-state index in [1.54, 1.807) is 0 Å². The van der Waals surface area contributed by atoms with Crippen molar-refractivity contribution in [1.82, 2.24) is 10.3 Å². The van der Waals surface area contributed by atoms with Crippen molar-refractivity contribution in [2.75, 3.05) is 13.1 Å². The van der Waals surface area contributed by atoms with Crippen LogP contribution in [0.1, 0.15) is 25.8 Å². The number of nitrogens with zero attached hydrogens (tertiary/aromatic N) is 2. The number of hydrogen-bond acceptors (Lipinski definition) is 4. The summed E-state index contributed by atoms with van der Waals surface area (Å²) in [5, 5.41) is 11.6. The van der Waals surface area contributed by atoms with Gasteiger partial charge in [0, 0.05) is 18.8 Å². The number of aromatic nitrogens is 1. The molecular weight excluding hydrogens is 331 g/mol. The van der Waals surface area contributed by atoms with E-state index >= 15 is 4.39 Å². The van der Waals surface area contributed by atoms with E-state index in [1.807, 2.05) is 19.9 Å². The van der Waals surface area contributed by atoms with Crippen LogP contribution in [0.25, 0.3) is 0 Å². The number of nitrogens with one attached hydrogen (secondary N) is 1. The van der Waals surface area contributed by atoms with Gasteiger partial charge < -0.3 is 10.1 Å². The third-order valence-electron chi connectivity index (χ3n) is 3.84. The first-order chi connectivity index (χ1) is 11.9. The third kappa shape index (κ3) is 4.60. The fourth-order valence-corrected chi connectivity index (χ4v) is 2.35. The van der Waals surface area contributed by atoms with Gasteiger partial charge in [0.1, 0.15) is 17.7 Å². The Morgan fingerprint density at radius 1 is 1.36 bits per heavy atom. The van der Waals surface area contributed by atoms with Gasteiger partial charge in [-0.3, -0.25) is 0 Å². The molecule has 0 radical (unpaired) electrons. The highest BCUT2D eigenvalue weighted by Crippen LogP contribution is 2.37. The molecule has 2 atom stereocenters. The van der Waals surface area contributed by atoms with Crippen LogP contribution in [0.2, 0.25) is 0 Å². The number of rotatable bonds is 7. The van der Waals surface area contributed by atoms with Crippen LogP contribution in [0, 0.1) is 17.2 Å². The lowest BCUT2D eigenvalue weighted by Crippen LogP contribution is -2.51. The molecule has 0 bridgehead atoms. The fourth-order valence-electron chi connectivity index (χ4n) is 2.35. The summed E-state index contributed by atoms with van der Waals surface area (Å²) < 4.78 is 48.8. The molecule has 0 aromatic carbocycles. The predicted molar refractivity (Wildman–Crippen MR) is 87.9 cm³/mol. The maximum Gasteiger partial charge on any atom is 0.217 e. The van der Waals surface area contributed by atoms with Crippen molar-refractivity contribution in [1.29, 1.82) is 5.26 Å². The van der Waals surface area contributed by atoms with E-state index in [0.717, 1.165) is 18.6 Å². The lowest BCUT2D eigenvalue weighted by Gasteiger charge is -2.33. The quantitative estimate of drug-likeness (QED) is 0.760. The van der Waals surface area contributed by atoms with E-state index in [0.29, 0.717) is 12.5 Å². The summed E-state index contributed by atoms with van der Waals surface area (Å²) >= 11 is 0. The molecule has 0 spiro atoms. The Labute approximate surface area is 145 Å². The molecule has 1 aliphatic carbocycles. The van der Waals surface area contributed by atoms with Crippen LogP contribution < -0.4 is 10.1 Å². The van der Waals surface area contributed by atoms with Crippen molar-refractivity contribution in [3.8, 4) is 11.9 Å². The van der Waals surface area contributed by atoms with Gasteiger partial charge in [0.2, 0.25) is 11.5 Å². The summed E-state index contributed by atoms with van der Waals surface area (Å²) in [5.41, 5.74) is -2.40. The molecule has 0 aliphatic heterocycles. The van der Waals surface area contributed by atoms with E-state index < -0.39 is 30.0 Å². The molecule has 1 N–H and O–H groups in total. The maximum atomic E-state index is 15.2. The average Bonchev–Trinajstić information content (AvgIpc) is 2.60. The Bertz CT molecular complexity index is 695. The number of hydrogen-bond donors (Lipinski definition) is 1. The molecule has 25 heavy (non-hydrogen) atoms. The Kier molecular flexibility index (Phi) is 6.21. The van der Waals surface area contributed by atoms with Crippen LogP contribution in [0.3, 0.4) is 0 Å². The molecule has 2 rings (SSSR count). The first-order valence-corrected chi connectivity index (χ1v) is 8.02. The maximum absolute atomic E-state index is 15.2. The van der Waals surface area contributed by atoms with Gasteiger partial charge in [0.25, 0.3) is 0 Å². The van der Waals surface area contributed by atoms with Crippen LogP contribution in [0.15, 0.2) is 42.1 Å². The molecule has 0 saturated carbocycles. The highest BCUT2D eigenvalue weighted by Gasteiger charge is 2.49. The van der Waals surface area contributed by atoms with Gasteiger partial charge >= 0.3 is 0 Å². The summed E-state index contributed by atoms with van der Waals surface area (Å²) in [4.78, 5) is 3.82. The van der Waals surface area contributed by atoms with Gasteiger partial charge in [-0.15, -0.1) is 0 Å². The Morgan fingerprint density at radius 3 is 2.72 bits per heavy atom. The van der Waals surface area contributed by atoms with Gasteiger partial charge in [0.15, 0.2) is 6.10 Å². The summed E-state index contributed by atoms with van der Waals surface area (Å²) in [5.74, 6) is -1.72. The molecule has 1 heterocycles. The summed E-state index contributed by atoms with van der Waals surface area (Å²) in [6.07, 6.45) is 1.82. The van der Waals surface area contributed by atoms with Crippen molar-refractivity contribution >= 4 is 0 Å². The number of halogens is 3. The molecule has 1 aromatic heterocycles. The van der Waals surface area contributed by atoms with Crippen LogP contribution in [0.5, 0.6) is 5.88 Å². The lowest BCUT2D eigenvalue weighted by atomic mass is 9.91. The molecule has 0 fully saturated rings. The van der Waals surface area contributed by atoms with Crippen LogP contribution in [-0.4, -0.2) is 29.8 Å². The highest BCUT2D eigenvalue weighted by atomic mass is 19.2. The second kappa shape index (κ2) is 8.17. The molecular formula is C18H20F3N3O. The molecule has 0 saturated heterocycles. The molecule has 7 heteroatoms. The molecule has 4 nitrogen and oxygen atoms in total. The Morgan fingerprint density at radius 2 is 2.12 bits per heavy atom. The minimum atomic E-state index is -2.68. The zero-order valence-electron chi connectivity index (χ0n) is 14.1. The number of nitriles is 1. The minimum Gasteiger partial charge on any atom is -0.463 e. The van der Waals surface area contributed by atoms with Gasteiger partial charge in [-0.05, 0) is 37.1 Å². The largest absolute Gasteiger partial charge is 0.463 e. The second-order valence-corrected chi connectivity index (χ2v) is 6.28. The van der Waals surface area contributed by atoms with Crippen molar-refractivity contribution in [3.05, 3.63) is 47.7 Å². The standard InChI is InChI=1S/C18H20F3N3O/c1-12(2)7-8-23-11-18(21)15(20)5-4-14(19)17(18)25-16-6-3-13(9-22)10-24-16/h3-6,10,12,17,23H,7-8,11H2,1-2H3. The zero-order chi connectivity index (χ0) is 18.4. The van der Waals surface area contributed by atoms with Crippen LogP contribution in [0.4, 0.5) is 13.2 Å². The predicted octanol–water partition coefficient (Wildman–Crippen LogP) is 3.77. The molecule has 134 valence electrons. The molecule has 1 aromatic rings. The van der Waals surface area contributed by atoms with Crippen molar-refractivity contribution in [3.63, 3.8) is 0 Å². The third-order valence-corrected chi connectivity index (χ3v) is 3.84. The van der Waals surface area contributed by atoms with Gasteiger partial charge in [-0.1, -0.05) is 13.8 Å². The number of pyridine rings is 1. The Hall–Kier alpha value is -2.33. The SMILES string of the molecule is CC(C)CCNCC1(F)C(F)=CC=C(F)C1Oc1ccc(C#N)cn1. The summed E-state index contributed by atoms with van der Waals surface area (Å²) in [6, 6.07) is 4.59. The fraction of sp³-hybridized carbons (Fsp3) is 0.444. The molecule has 1 aliphatic rings. The highest BCUT2D eigenvalue weighted by molar-refractivity contribution is 5.34. The van der Waals surface area contributed by atoms with E-state index in [-0.39, 0.29) is 11.4 Å². The van der Waals surface area contributed by atoms with Gasteiger partial charge in [-0.25, -0.2) is 18.2 Å². The monoisotopic (exact) mass is 351 g/mol. The molecule has 2 unspecified atom stereocenters. The van der Waals surface area contributed by atoms with Crippen molar-refractivity contribution < 1.29 is 17.9 Å². The first-order valence-electron chi connectivity index (χ1n) is 8.02. The topological polar surface area (TPSA) is 57.9 Å². The number of allylic oxidation sites excluding steroid dienone is 2. The zero-order valence-corrected chi connectivity index (χ0v) is 14.1. The van der Waals surface area contributed by atoms with Crippen molar-refractivity contribution in [2.45, 2.75) is 32.0 Å². The van der Waals surface area contributed by atoms with E-state index in [4.69, 9.17) is 10.00 Å². The minimum absolute atomic E-state index is 0.0912.